The summed E-state index contributed by atoms with van der Waals surface area (Å²) >= 11 is 6.46. The number of hydrogen-bond donors (Lipinski definition) is 1. The maximum atomic E-state index is 11.3. The highest BCUT2D eigenvalue weighted by Gasteiger charge is 2.26. The second kappa shape index (κ2) is 10.4. The first kappa shape index (κ1) is 25.5. The van der Waals surface area contributed by atoms with Crippen LogP contribution in [0.2, 0.25) is 5.02 Å². The third kappa shape index (κ3) is 6.25. The quantitative estimate of drug-likeness (QED) is 0.372. The first-order valence-electron chi connectivity index (χ1n) is 10.7. The predicted octanol–water partition coefficient (Wildman–Crippen LogP) is 5.87. The van der Waals surface area contributed by atoms with E-state index in [1.165, 1.54) is 6.07 Å². The molecular weight excluding hydrogens is 476 g/mol. The van der Waals surface area contributed by atoms with Crippen LogP contribution in [0.5, 0.6) is 11.5 Å². The fraction of sp³-hybridized carbons (Fsp3) is 0.320. The number of nitrogens with zero attached hydrogens (tertiary/aromatic N) is 1. The molecule has 0 aliphatic rings. The lowest BCUT2D eigenvalue weighted by molar-refractivity contribution is 0.272. The first-order chi connectivity index (χ1) is 16.0. The molecule has 0 atom stereocenters. The molecule has 0 fully saturated rings. The highest BCUT2D eigenvalue weighted by Crippen LogP contribution is 2.38. The van der Waals surface area contributed by atoms with Gasteiger partial charge < -0.3 is 13.9 Å². The molecule has 0 amide bonds. The van der Waals surface area contributed by atoms with E-state index >= 15 is 0 Å². The minimum Gasteiger partial charge on any atom is -0.491 e. The normalized spacial score (nSPS) is 11.6. The molecule has 3 rings (SSSR count). The van der Waals surface area contributed by atoms with Crippen molar-refractivity contribution in [3.63, 3.8) is 0 Å². The van der Waals surface area contributed by atoms with E-state index in [1.54, 1.807) is 6.07 Å². The van der Waals surface area contributed by atoms with E-state index in [0.717, 1.165) is 23.8 Å². The standard InChI is InChI=1S/C25H27ClN2O5S/c1-5-12-31-24-17(15-27)13-19(14-22(24)26)25(2,3)18-6-8-20(9-7-18)32-16-21-10-11-23(33-21)28-34(4,29)30/h6-11,13-14,28H,5,12,16H2,1-4H3. The number of halogens is 1. The number of nitrogens with one attached hydrogen (secondary N) is 1. The summed E-state index contributed by atoms with van der Waals surface area (Å²) in [6.45, 7) is 6.75. The molecular formula is C25H27ClN2O5S. The zero-order chi connectivity index (χ0) is 24.9. The zero-order valence-corrected chi connectivity index (χ0v) is 21.1. The first-order valence-corrected chi connectivity index (χ1v) is 13.0. The summed E-state index contributed by atoms with van der Waals surface area (Å²) in [6, 6.07) is 16.6. The van der Waals surface area contributed by atoms with Crippen LogP contribution in [0.25, 0.3) is 0 Å². The minimum absolute atomic E-state index is 0.139. The largest absolute Gasteiger partial charge is 0.491 e. The van der Waals surface area contributed by atoms with Crippen LogP contribution in [0.1, 0.15) is 49.6 Å². The van der Waals surface area contributed by atoms with Crippen molar-refractivity contribution < 1.29 is 22.3 Å². The van der Waals surface area contributed by atoms with E-state index in [0.29, 0.717) is 34.5 Å². The van der Waals surface area contributed by atoms with Crippen LogP contribution in [-0.4, -0.2) is 21.3 Å². The van der Waals surface area contributed by atoms with Crippen LogP contribution in [-0.2, 0) is 22.0 Å². The maximum absolute atomic E-state index is 11.3. The summed E-state index contributed by atoms with van der Waals surface area (Å²) in [5.41, 5.74) is 1.89. The van der Waals surface area contributed by atoms with Gasteiger partial charge in [0, 0.05) is 11.5 Å². The van der Waals surface area contributed by atoms with E-state index in [1.807, 2.05) is 43.3 Å². The monoisotopic (exact) mass is 502 g/mol. The molecule has 0 saturated heterocycles. The summed E-state index contributed by atoms with van der Waals surface area (Å²) in [5.74, 6) is 1.68. The van der Waals surface area contributed by atoms with Crippen molar-refractivity contribution in [3.05, 3.63) is 76.0 Å². The van der Waals surface area contributed by atoms with Gasteiger partial charge in [-0.1, -0.05) is 44.5 Å². The van der Waals surface area contributed by atoms with E-state index < -0.39 is 15.4 Å². The Bertz CT molecular complexity index is 1290. The molecule has 0 unspecified atom stereocenters. The van der Waals surface area contributed by atoms with Gasteiger partial charge in [0.25, 0.3) is 0 Å². The molecule has 180 valence electrons. The van der Waals surface area contributed by atoms with Gasteiger partial charge in [-0.3, -0.25) is 4.72 Å². The Morgan fingerprint density at radius 2 is 1.79 bits per heavy atom. The Kier molecular flexibility index (Phi) is 7.80. The third-order valence-electron chi connectivity index (χ3n) is 5.24. The van der Waals surface area contributed by atoms with Gasteiger partial charge in [0.15, 0.2) is 5.75 Å². The van der Waals surface area contributed by atoms with Crippen LogP contribution >= 0.6 is 11.6 Å². The Labute approximate surface area is 205 Å². The van der Waals surface area contributed by atoms with E-state index in [2.05, 4.69) is 24.6 Å². The maximum Gasteiger partial charge on any atom is 0.232 e. The number of sulfonamides is 1. The molecule has 0 radical (unpaired) electrons. The van der Waals surface area contributed by atoms with Crippen molar-refractivity contribution in [1.29, 1.82) is 5.26 Å². The topological polar surface area (TPSA) is 102 Å². The van der Waals surface area contributed by atoms with E-state index in [-0.39, 0.29) is 12.5 Å². The highest BCUT2D eigenvalue weighted by atomic mass is 35.5. The molecule has 7 nitrogen and oxygen atoms in total. The van der Waals surface area contributed by atoms with E-state index in [4.69, 9.17) is 25.5 Å². The molecule has 0 aliphatic heterocycles. The molecule has 34 heavy (non-hydrogen) atoms. The number of nitriles is 1. The molecule has 0 spiro atoms. The molecule has 0 saturated carbocycles. The fourth-order valence-electron chi connectivity index (χ4n) is 3.37. The van der Waals surface area contributed by atoms with Gasteiger partial charge >= 0.3 is 0 Å². The number of furan rings is 1. The fourth-order valence-corrected chi connectivity index (χ4v) is 4.12. The zero-order valence-electron chi connectivity index (χ0n) is 19.5. The van der Waals surface area contributed by atoms with Gasteiger partial charge in [0.05, 0.1) is 23.4 Å². The molecule has 0 aliphatic carbocycles. The average Bonchev–Trinajstić information content (AvgIpc) is 3.22. The molecule has 0 bridgehead atoms. The van der Waals surface area contributed by atoms with Gasteiger partial charge in [0.2, 0.25) is 15.9 Å². The van der Waals surface area contributed by atoms with Crippen LogP contribution < -0.4 is 14.2 Å². The molecule has 9 heteroatoms. The number of benzene rings is 2. The predicted molar refractivity (Wildman–Crippen MR) is 132 cm³/mol. The lowest BCUT2D eigenvalue weighted by Gasteiger charge is -2.27. The minimum atomic E-state index is -3.40. The van der Waals surface area contributed by atoms with Gasteiger partial charge in [-0.25, -0.2) is 8.42 Å². The van der Waals surface area contributed by atoms with Crippen LogP contribution in [0, 0.1) is 11.3 Å². The lowest BCUT2D eigenvalue weighted by Crippen LogP contribution is -2.19. The van der Waals surface area contributed by atoms with Crippen molar-refractivity contribution in [1.82, 2.24) is 0 Å². The number of ether oxygens (including phenoxy) is 2. The van der Waals surface area contributed by atoms with Crippen LogP contribution in [0.4, 0.5) is 5.88 Å². The van der Waals surface area contributed by atoms with Gasteiger partial charge in [0.1, 0.15) is 24.2 Å². The number of anilines is 1. The molecule has 3 aromatic rings. The Balaban J connectivity index is 1.73. The Morgan fingerprint density at radius 3 is 2.41 bits per heavy atom. The van der Waals surface area contributed by atoms with Crippen LogP contribution in [0.3, 0.4) is 0 Å². The summed E-state index contributed by atoms with van der Waals surface area (Å²) < 4.78 is 41.7. The highest BCUT2D eigenvalue weighted by molar-refractivity contribution is 7.92. The van der Waals surface area contributed by atoms with E-state index in [9.17, 15) is 13.7 Å². The van der Waals surface area contributed by atoms with Crippen LogP contribution in [0.15, 0.2) is 52.9 Å². The second-order valence-electron chi connectivity index (χ2n) is 8.37. The number of rotatable bonds is 10. The molecule has 2 aromatic carbocycles. The summed E-state index contributed by atoms with van der Waals surface area (Å²) in [7, 11) is -3.40. The van der Waals surface area contributed by atoms with Crippen molar-refractivity contribution in [2.24, 2.45) is 0 Å². The summed E-state index contributed by atoms with van der Waals surface area (Å²) in [4.78, 5) is 0. The van der Waals surface area contributed by atoms with Crippen molar-refractivity contribution in [3.8, 4) is 17.6 Å². The average molecular weight is 503 g/mol. The Hall–Kier alpha value is -3.15. The third-order valence-corrected chi connectivity index (χ3v) is 6.09. The second-order valence-corrected chi connectivity index (χ2v) is 10.5. The molecule has 1 N–H and O–H groups in total. The molecule has 1 heterocycles. The van der Waals surface area contributed by atoms with Crippen molar-refractivity contribution >= 4 is 27.5 Å². The summed E-state index contributed by atoms with van der Waals surface area (Å²) in [5, 5.41) is 10.0. The Morgan fingerprint density at radius 1 is 1.09 bits per heavy atom. The summed E-state index contributed by atoms with van der Waals surface area (Å²) in [6.07, 6.45) is 1.87. The van der Waals surface area contributed by atoms with Crippen molar-refractivity contribution in [2.75, 3.05) is 17.6 Å². The molecule has 1 aromatic heterocycles. The SMILES string of the molecule is CCCOc1c(Cl)cc(C(C)(C)c2ccc(OCc3ccc(NS(C)(=O)=O)o3)cc2)cc1C#N. The number of hydrogen-bond acceptors (Lipinski definition) is 6. The van der Waals surface area contributed by atoms with Crippen molar-refractivity contribution in [2.45, 2.75) is 39.2 Å². The van der Waals surface area contributed by atoms with Gasteiger partial charge in [-0.2, -0.15) is 5.26 Å². The van der Waals surface area contributed by atoms with Gasteiger partial charge in [-0.15, -0.1) is 0 Å². The van der Waals surface area contributed by atoms with Gasteiger partial charge in [-0.05, 0) is 47.9 Å². The smallest absolute Gasteiger partial charge is 0.232 e. The lowest BCUT2D eigenvalue weighted by atomic mass is 9.77.